The quantitative estimate of drug-likeness (QED) is 0.501. The molecule has 0 heterocycles. The largest absolute Gasteiger partial charge is 0.543 e. The van der Waals surface area contributed by atoms with E-state index in [4.69, 9.17) is 4.43 Å². The molecular formula is C19H27BrOSi. The first-order valence-electron chi connectivity index (χ1n) is 8.15. The van der Waals surface area contributed by atoms with Crippen LogP contribution in [0.1, 0.15) is 41.5 Å². The average Bonchev–Trinajstić information content (AvgIpc) is 2.43. The second-order valence-corrected chi connectivity index (χ2v) is 13.4. The van der Waals surface area contributed by atoms with Gasteiger partial charge in [0.15, 0.2) is 0 Å². The van der Waals surface area contributed by atoms with Crippen LogP contribution < -0.4 is 4.43 Å². The third-order valence-electron chi connectivity index (χ3n) is 4.78. The molecule has 0 N–H and O–H groups in total. The molecule has 0 radical (unpaired) electrons. The van der Waals surface area contributed by atoms with Gasteiger partial charge in [0.2, 0.25) is 0 Å². The van der Waals surface area contributed by atoms with Crippen LogP contribution in [0.3, 0.4) is 0 Å². The van der Waals surface area contributed by atoms with Crippen molar-refractivity contribution in [2.75, 3.05) is 0 Å². The molecule has 0 aromatic heterocycles. The minimum Gasteiger partial charge on any atom is -0.543 e. The van der Waals surface area contributed by atoms with E-state index in [1.807, 2.05) is 0 Å². The zero-order valence-electron chi connectivity index (χ0n) is 14.5. The molecule has 0 fully saturated rings. The Morgan fingerprint density at radius 2 is 1.27 bits per heavy atom. The fourth-order valence-electron chi connectivity index (χ4n) is 3.82. The van der Waals surface area contributed by atoms with Crippen molar-refractivity contribution in [3.05, 3.63) is 40.9 Å². The van der Waals surface area contributed by atoms with Gasteiger partial charge in [-0.2, -0.15) is 0 Å². The fraction of sp³-hybridized carbons (Fsp3) is 0.474. The minimum absolute atomic E-state index is 0.591. The molecule has 120 valence electrons. The van der Waals surface area contributed by atoms with Gasteiger partial charge in [-0.05, 0) is 51.7 Å². The maximum Gasteiger partial charge on any atom is 0.258 e. The highest BCUT2D eigenvalue weighted by molar-refractivity contribution is 9.10. The van der Waals surface area contributed by atoms with E-state index in [9.17, 15) is 0 Å². The lowest BCUT2D eigenvalue weighted by Gasteiger charge is -2.42. The molecule has 2 aromatic carbocycles. The smallest absolute Gasteiger partial charge is 0.258 e. The summed E-state index contributed by atoms with van der Waals surface area (Å²) in [5.41, 5.74) is 1.77. The molecule has 0 aliphatic carbocycles. The molecule has 0 spiro atoms. The lowest BCUT2D eigenvalue weighted by atomic mass is 10.1. The summed E-state index contributed by atoms with van der Waals surface area (Å²) in [6.07, 6.45) is 0. The minimum atomic E-state index is -1.88. The van der Waals surface area contributed by atoms with Crippen LogP contribution >= 0.6 is 15.9 Å². The Balaban J connectivity index is 2.44. The predicted molar refractivity (Wildman–Crippen MR) is 103 cm³/mol. The molecule has 0 amide bonds. The van der Waals surface area contributed by atoms with Gasteiger partial charge in [0.05, 0.1) is 0 Å². The number of rotatable bonds is 5. The third kappa shape index (κ3) is 3.25. The molecule has 0 aliphatic rings. The molecule has 3 heteroatoms. The molecule has 0 saturated heterocycles. The van der Waals surface area contributed by atoms with Gasteiger partial charge < -0.3 is 4.43 Å². The van der Waals surface area contributed by atoms with Crippen molar-refractivity contribution in [1.82, 2.24) is 0 Å². The van der Waals surface area contributed by atoms with Crippen molar-refractivity contribution in [3.63, 3.8) is 0 Å². The summed E-state index contributed by atoms with van der Waals surface area (Å²) in [7, 11) is -1.88. The topological polar surface area (TPSA) is 9.23 Å². The van der Waals surface area contributed by atoms with Crippen molar-refractivity contribution in [2.24, 2.45) is 0 Å². The summed E-state index contributed by atoms with van der Waals surface area (Å²) < 4.78 is 7.87. The summed E-state index contributed by atoms with van der Waals surface area (Å²) in [6.45, 7) is 13.9. The van der Waals surface area contributed by atoms with E-state index in [1.165, 1.54) is 10.8 Å². The van der Waals surface area contributed by atoms with E-state index < -0.39 is 8.32 Å². The Kier molecular flexibility index (Phi) is 5.39. The van der Waals surface area contributed by atoms with E-state index >= 15 is 0 Å². The summed E-state index contributed by atoms with van der Waals surface area (Å²) >= 11 is 3.53. The fourth-order valence-corrected chi connectivity index (χ4v) is 9.44. The van der Waals surface area contributed by atoms with Gasteiger partial charge in [0.1, 0.15) is 5.75 Å². The molecular weight excluding hydrogens is 352 g/mol. The van der Waals surface area contributed by atoms with Gasteiger partial charge in [0, 0.05) is 4.47 Å². The Labute approximate surface area is 144 Å². The molecule has 22 heavy (non-hydrogen) atoms. The van der Waals surface area contributed by atoms with Gasteiger partial charge >= 0.3 is 0 Å². The van der Waals surface area contributed by atoms with E-state index in [0.717, 1.165) is 10.2 Å². The summed E-state index contributed by atoms with van der Waals surface area (Å²) in [5.74, 6) is 1.03. The van der Waals surface area contributed by atoms with Crippen LogP contribution in [0.25, 0.3) is 10.8 Å². The number of halogens is 1. The number of hydrogen-bond donors (Lipinski definition) is 0. The Morgan fingerprint density at radius 3 is 1.82 bits per heavy atom. The second-order valence-electron chi connectivity index (χ2n) is 7.07. The molecule has 0 atom stereocenters. The molecule has 0 aliphatic heterocycles. The van der Waals surface area contributed by atoms with E-state index in [2.05, 4.69) is 93.9 Å². The summed E-state index contributed by atoms with van der Waals surface area (Å²) in [6, 6.07) is 12.9. The van der Waals surface area contributed by atoms with Gasteiger partial charge in [-0.25, -0.2) is 0 Å². The first-order valence-corrected chi connectivity index (χ1v) is 11.1. The van der Waals surface area contributed by atoms with E-state index in [-0.39, 0.29) is 0 Å². The Bertz CT molecular complexity index is 627. The number of benzene rings is 2. The van der Waals surface area contributed by atoms with E-state index in [1.54, 1.807) is 0 Å². The molecule has 0 bridgehead atoms. The average molecular weight is 379 g/mol. The molecule has 0 unspecified atom stereocenters. The number of hydrogen-bond acceptors (Lipinski definition) is 1. The van der Waals surface area contributed by atoms with Crippen molar-refractivity contribution >= 4 is 35.0 Å². The van der Waals surface area contributed by atoms with Gasteiger partial charge in [0.25, 0.3) is 8.32 Å². The van der Waals surface area contributed by atoms with Crippen molar-refractivity contribution in [2.45, 2.75) is 58.2 Å². The van der Waals surface area contributed by atoms with Crippen LogP contribution in [-0.2, 0) is 0 Å². The first-order chi connectivity index (χ1) is 10.3. The van der Waals surface area contributed by atoms with Crippen LogP contribution in [-0.4, -0.2) is 8.32 Å². The van der Waals surface area contributed by atoms with Crippen LogP contribution in [0.15, 0.2) is 40.9 Å². The Hall–Kier alpha value is -0.803. The maximum absolute atomic E-state index is 6.75. The highest BCUT2D eigenvalue weighted by atomic mass is 79.9. The standard InChI is InChI=1S/C19H27BrOSi/c1-13(2)22(14(3)4,15(5)6)21-19-10-8-16-11-18(20)9-7-17(16)12-19/h7-15H,1-6H3. The SMILES string of the molecule is CC(C)[Si](Oc1ccc2cc(Br)ccc2c1)(C(C)C)C(C)C. The van der Waals surface area contributed by atoms with Crippen molar-refractivity contribution < 1.29 is 4.43 Å². The second kappa shape index (κ2) is 6.75. The summed E-state index contributed by atoms with van der Waals surface area (Å²) in [4.78, 5) is 0. The van der Waals surface area contributed by atoms with Crippen LogP contribution in [0, 0.1) is 0 Å². The zero-order chi connectivity index (χ0) is 16.5. The normalized spacial score (nSPS) is 12.6. The van der Waals surface area contributed by atoms with Crippen LogP contribution in [0.5, 0.6) is 5.75 Å². The van der Waals surface area contributed by atoms with Crippen molar-refractivity contribution in [3.8, 4) is 5.75 Å². The lowest BCUT2D eigenvalue weighted by Crippen LogP contribution is -2.50. The maximum atomic E-state index is 6.75. The van der Waals surface area contributed by atoms with E-state index in [0.29, 0.717) is 16.6 Å². The molecule has 2 aromatic rings. The molecule has 0 saturated carbocycles. The van der Waals surface area contributed by atoms with Crippen LogP contribution in [0.4, 0.5) is 0 Å². The monoisotopic (exact) mass is 378 g/mol. The third-order valence-corrected chi connectivity index (χ3v) is 11.3. The predicted octanol–water partition coefficient (Wildman–Crippen LogP) is 7.16. The highest BCUT2D eigenvalue weighted by Gasteiger charge is 2.46. The van der Waals surface area contributed by atoms with Crippen molar-refractivity contribution in [1.29, 1.82) is 0 Å². The Morgan fingerprint density at radius 1 is 0.773 bits per heavy atom. The molecule has 2 rings (SSSR count). The zero-order valence-corrected chi connectivity index (χ0v) is 17.1. The van der Waals surface area contributed by atoms with Gasteiger partial charge in [-0.15, -0.1) is 0 Å². The first kappa shape index (κ1) is 17.5. The summed E-state index contributed by atoms with van der Waals surface area (Å²) in [5, 5.41) is 2.48. The number of fused-ring (bicyclic) bond motifs is 1. The lowest BCUT2D eigenvalue weighted by molar-refractivity contribution is 0.480. The van der Waals surface area contributed by atoms with Gasteiger partial charge in [-0.1, -0.05) is 69.6 Å². The van der Waals surface area contributed by atoms with Crippen LogP contribution in [0.2, 0.25) is 16.6 Å². The molecule has 1 nitrogen and oxygen atoms in total. The highest BCUT2D eigenvalue weighted by Crippen LogP contribution is 2.43. The van der Waals surface area contributed by atoms with Gasteiger partial charge in [-0.3, -0.25) is 0 Å².